The van der Waals surface area contributed by atoms with Gasteiger partial charge in [-0.15, -0.1) is 0 Å². The second kappa shape index (κ2) is 8.16. The molecule has 0 saturated carbocycles. The van der Waals surface area contributed by atoms with Gasteiger partial charge in [-0.3, -0.25) is 4.98 Å². The third kappa shape index (κ3) is 3.59. The molecule has 6 rings (SSSR count). The molecular weight excluding hydrogens is 416 g/mol. The topological polar surface area (TPSA) is 51.6 Å². The first-order valence-corrected chi connectivity index (χ1v) is 11.3. The maximum absolute atomic E-state index is 5.07. The Morgan fingerprint density at radius 3 is 1.94 bits per heavy atom. The van der Waals surface area contributed by atoms with Crippen molar-refractivity contribution in [1.29, 1.82) is 0 Å². The van der Waals surface area contributed by atoms with Crippen LogP contribution in [-0.4, -0.2) is 19.9 Å². The molecular formula is C30H22N4. The van der Waals surface area contributed by atoms with Crippen molar-refractivity contribution in [3.63, 3.8) is 0 Å². The molecule has 4 heteroatoms. The number of rotatable bonds is 3. The van der Waals surface area contributed by atoms with E-state index in [9.17, 15) is 0 Å². The molecule has 0 bridgehead atoms. The summed E-state index contributed by atoms with van der Waals surface area (Å²) in [5.41, 5.74) is 8.49. The van der Waals surface area contributed by atoms with Gasteiger partial charge in [0.15, 0.2) is 5.82 Å². The highest BCUT2D eigenvalue weighted by Crippen LogP contribution is 2.30. The number of pyridine rings is 2. The number of fused-ring (bicyclic) bond motifs is 3. The molecule has 3 aromatic heterocycles. The zero-order valence-corrected chi connectivity index (χ0v) is 19.0. The lowest BCUT2D eigenvalue weighted by Crippen LogP contribution is -1.98. The summed E-state index contributed by atoms with van der Waals surface area (Å²) in [5.74, 6) is 0.682. The fourth-order valence-electron chi connectivity index (χ4n) is 4.40. The lowest BCUT2D eigenvalue weighted by atomic mass is 10.0. The number of benzene rings is 3. The normalized spacial score (nSPS) is 11.2. The summed E-state index contributed by atoms with van der Waals surface area (Å²) in [6, 6.07) is 32.8. The Balaban J connectivity index is 1.60. The molecule has 6 aromatic rings. The summed E-state index contributed by atoms with van der Waals surface area (Å²) in [6.45, 7) is 4.15. The maximum atomic E-state index is 5.07. The smallest absolute Gasteiger partial charge is 0.160 e. The molecule has 0 aliphatic carbocycles. The molecule has 0 saturated heterocycles. The number of nitrogens with zero attached hydrogens (tertiary/aromatic N) is 4. The Hall–Kier alpha value is -4.44. The first-order chi connectivity index (χ1) is 16.7. The van der Waals surface area contributed by atoms with Crippen LogP contribution in [0.15, 0.2) is 97.1 Å². The second-order valence-electron chi connectivity index (χ2n) is 8.50. The van der Waals surface area contributed by atoms with Crippen molar-refractivity contribution in [3.8, 4) is 34.0 Å². The lowest BCUT2D eigenvalue weighted by molar-refractivity contribution is 1.17. The Bertz CT molecular complexity index is 1600. The van der Waals surface area contributed by atoms with Crippen LogP contribution in [0.1, 0.15) is 11.3 Å². The minimum Gasteiger partial charge on any atom is -0.251 e. The summed E-state index contributed by atoms with van der Waals surface area (Å²) in [5, 5.41) is 2.19. The Morgan fingerprint density at radius 1 is 0.500 bits per heavy atom. The Morgan fingerprint density at radius 2 is 1.18 bits per heavy atom. The molecule has 0 spiro atoms. The molecule has 0 unspecified atom stereocenters. The summed E-state index contributed by atoms with van der Waals surface area (Å²) < 4.78 is 0. The van der Waals surface area contributed by atoms with E-state index in [1.807, 2.05) is 67.6 Å². The van der Waals surface area contributed by atoms with Gasteiger partial charge in [0, 0.05) is 27.6 Å². The summed E-state index contributed by atoms with van der Waals surface area (Å²) in [7, 11) is 0. The van der Waals surface area contributed by atoms with Crippen molar-refractivity contribution in [1.82, 2.24) is 19.9 Å². The minimum atomic E-state index is 0.682. The Labute approximate surface area is 198 Å². The number of aromatic nitrogens is 4. The van der Waals surface area contributed by atoms with Crippen LogP contribution in [0.2, 0.25) is 0 Å². The minimum absolute atomic E-state index is 0.682. The Kier molecular flexibility index (Phi) is 4.84. The summed E-state index contributed by atoms with van der Waals surface area (Å²) >= 11 is 0. The van der Waals surface area contributed by atoms with Crippen LogP contribution < -0.4 is 0 Å². The van der Waals surface area contributed by atoms with E-state index in [0.29, 0.717) is 5.82 Å². The van der Waals surface area contributed by atoms with Gasteiger partial charge >= 0.3 is 0 Å². The average molecular weight is 439 g/mol. The highest BCUT2D eigenvalue weighted by molar-refractivity contribution is 6.04. The van der Waals surface area contributed by atoms with Gasteiger partial charge in [-0.05, 0) is 37.6 Å². The molecule has 0 radical (unpaired) electrons. The molecule has 0 N–H and O–H groups in total. The molecule has 0 amide bonds. The van der Waals surface area contributed by atoms with E-state index >= 15 is 0 Å². The van der Waals surface area contributed by atoms with E-state index in [1.165, 1.54) is 5.56 Å². The van der Waals surface area contributed by atoms with E-state index in [4.69, 9.17) is 19.9 Å². The zero-order chi connectivity index (χ0) is 23.1. The van der Waals surface area contributed by atoms with Crippen LogP contribution in [0.3, 0.4) is 0 Å². The van der Waals surface area contributed by atoms with Crippen molar-refractivity contribution < 1.29 is 0 Å². The van der Waals surface area contributed by atoms with E-state index in [2.05, 4.69) is 43.3 Å². The van der Waals surface area contributed by atoms with Gasteiger partial charge in [0.1, 0.15) is 0 Å². The van der Waals surface area contributed by atoms with E-state index in [1.54, 1.807) is 0 Å². The first kappa shape index (κ1) is 20.2. The first-order valence-electron chi connectivity index (χ1n) is 11.3. The molecule has 34 heavy (non-hydrogen) atoms. The third-order valence-electron chi connectivity index (χ3n) is 6.06. The summed E-state index contributed by atoms with van der Waals surface area (Å²) in [4.78, 5) is 19.7. The third-order valence-corrected chi connectivity index (χ3v) is 6.06. The molecule has 4 nitrogen and oxygen atoms in total. The lowest BCUT2D eigenvalue weighted by Gasteiger charge is -2.11. The van der Waals surface area contributed by atoms with Crippen LogP contribution in [0.5, 0.6) is 0 Å². The number of hydrogen-bond acceptors (Lipinski definition) is 4. The van der Waals surface area contributed by atoms with Gasteiger partial charge in [-0.2, -0.15) is 0 Å². The molecule has 0 aliphatic rings. The average Bonchev–Trinajstić information content (AvgIpc) is 2.89. The van der Waals surface area contributed by atoms with Gasteiger partial charge in [-0.1, -0.05) is 78.9 Å². The fraction of sp³-hybridized carbons (Fsp3) is 0.0667. The van der Waals surface area contributed by atoms with Gasteiger partial charge in [0.25, 0.3) is 0 Å². The molecule has 0 fully saturated rings. The van der Waals surface area contributed by atoms with Gasteiger partial charge in [0.05, 0.1) is 28.1 Å². The maximum Gasteiger partial charge on any atom is 0.160 e. The number of hydrogen-bond donors (Lipinski definition) is 0. The highest BCUT2D eigenvalue weighted by Gasteiger charge is 2.13. The molecule has 0 aliphatic heterocycles. The van der Waals surface area contributed by atoms with Crippen LogP contribution in [-0.2, 0) is 0 Å². The van der Waals surface area contributed by atoms with E-state index in [0.717, 1.165) is 55.7 Å². The van der Waals surface area contributed by atoms with Crippen molar-refractivity contribution in [3.05, 3.63) is 108 Å². The van der Waals surface area contributed by atoms with Crippen LogP contribution in [0, 0.1) is 13.8 Å². The van der Waals surface area contributed by atoms with Gasteiger partial charge in [0.2, 0.25) is 0 Å². The number of aryl methyl sites for hydroxylation is 2. The monoisotopic (exact) mass is 438 g/mol. The van der Waals surface area contributed by atoms with Crippen LogP contribution in [0.4, 0.5) is 0 Å². The van der Waals surface area contributed by atoms with Crippen LogP contribution >= 0.6 is 0 Å². The molecule has 3 aromatic carbocycles. The van der Waals surface area contributed by atoms with Crippen molar-refractivity contribution in [2.45, 2.75) is 13.8 Å². The fourth-order valence-corrected chi connectivity index (χ4v) is 4.40. The molecule has 3 heterocycles. The predicted molar refractivity (Wildman–Crippen MR) is 138 cm³/mol. The largest absolute Gasteiger partial charge is 0.251 e. The predicted octanol–water partition coefficient (Wildman–Crippen LogP) is 7.19. The van der Waals surface area contributed by atoms with Crippen LogP contribution in [0.25, 0.3) is 55.8 Å². The van der Waals surface area contributed by atoms with Crippen molar-refractivity contribution in [2.24, 2.45) is 0 Å². The standard InChI is InChI=1S/C30H22N4/c1-19-17-20(2)31-29-24(19)15-13-22-14-16-25(32-28(22)29)27-18-26(21-9-5-3-6-10-21)33-30(34-27)23-11-7-4-8-12-23/h3-18H,1-2H3. The van der Waals surface area contributed by atoms with Gasteiger partial charge < -0.3 is 0 Å². The SMILES string of the molecule is Cc1cc(C)c2ccc3ccc(-c4cc(-c5ccccc5)nc(-c5ccccc5)n4)nc3c2n1. The second-order valence-corrected chi connectivity index (χ2v) is 8.50. The van der Waals surface area contributed by atoms with Crippen molar-refractivity contribution >= 4 is 21.8 Å². The quantitative estimate of drug-likeness (QED) is 0.274. The zero-order valence-electron chi connectivity index (χ0n) is 19.0. The molecule has 162 valence electrons. The van der Waals surface area contributed by atoms with E-state index < -0.39 is 0 Å². The van der Waals surface area contributed by atoms with Crippen molar-refractivity contribution in [2.75, 3.05) is 0 Å². The summed E-state index contributed by atoms with van der Waals surface area (Å²) in [6.07, 6.45) is 0. The highest BCUT2D eigenvalue weighted by atomic mass is 14.9. The van der Waals surface area contributed by atoms with E-state index in [-0.39, 0.29) is 0 Å². The van der Waals surface area contributed by atoms with Gasteiger partial charge in [-0.25, -0.2) is 15.0 Å². The molecule has 0 atom stereocenters.